The first kappa shape index (κ1) is 28.8. The zero-order valence-electron chi connectivity index (χ0n) is 27.2. The number of nitriles is 3. The predicted octanol–water partition coefficient (Wildman–Crippen LogP) is 12.2. The molecule has 0 saturated heterocycles. The molecule has 7 heteroatoms. The number of para-hydroxylation sites is 2. The largest absolute Gasteiger partial charge is 0.309 e. The number of thiophene rings is 2. The third-order valence-electron chi connectivity index (χ3n) is 10.4. The molecule has 0 radical (unpaired) electrons. The van der Waals surface area contributed by atoms with Gasteiger partial charge in [-0.2, -0.15) is 15.8 Å². The van der Waals surface area contributed by atoms with Crippen molar-refractivity contribution in [2.24, 2.45) is 0 Å². The molecule has 0 spiro atoms. The number of nitrogens with zero attached hydrogens (tertiary/aromatic N) is 5. The molecule has 0 atom stereocenters. The SMILES string of the molecule is N#Cc1ccc2c(c1)c1ccccc1n2-c1ccc2sc3ccc(-n4c5ccccc5c5c6c(sc7c(C#N)cccc76)c(C#N)cc54)cc3c2c1. The van der Waals surface area contributed by atoms with Gasteiger partial charge in [0.15, 0.2) is 0 Å². The van der Waals surface area contributed by atoms with Crippen LogP contribution in [0.1, 0.15) is 16.7 Å². The van der Waals surface area contributed by atoms with Crippen LogP contribution in [0, 0.1) is 34.0 Å². The van der Waals surface area contributed by atoms with Crippen LogP contribution in [-0.4, -0.2) is 9.13 Å². The molecule has 0 unspecified atom stereocenters. The van der Waals surface area contributed by atoms with Gasteiger partial charge < -0.3 is 9.13 Å². The summed E-state index contributed by atoms with van der Waals surface area (Å²) in [6, 6.07) is 51.1. The summed E-state index contributed by atoms with van der Waals surface area (Å²) in [7, 11) is 0. The van der Waals surface area contributed by atoms with Gasteiger partial charge in [-0.1, -0.05) is 48.5 Å². The van der Waals surface area contributed by atoms with E-state index >= 15 is 0 Å². The Labute approximate surface area is 303 Å². The van der Waals surface area contributed by atoms with Crippen molar-refractivity contribution in [3.05, 3.63) is 144 Å². The first-order valence-electron chi connectivity index (χ1n) is 16.8. The van der Waals surface area contributed by atoms with E-state index in [4.69, 9.17) is 0 Å². The summed E-state index contributed by atoms with van der Waals surface area (Å²) in [6.07, 6.45) is 0. The number of rotatable bonds is 2. The highest BCUT2D eigenvalue weighted by molar-refractivity contribution is 7.26. The van der Waals surface area contributed by atoms with E-state index in [1.807, 2.05) is 36.4 Å². The number of fused-ring (bicyclic) bond motifs is 13. The molecule has 11 rings (SSSR count). The van der Waals surface area contributed by atoms with Crippen LogP contribution in [0.2, 0.25) is 0 Å². The van der Waals surface area contributed by atoms with Gasteiger partial charge in [-0.05, 0) is 78.9 Å². The van der Waals surface area contributed by atoms with Gasteiger partial charge in [0, 0.05) is 63.9 Å². The van der Waals surface area contributed by atoms with Crippen LogP contribution >= 0.6 is 22.7 Å². The van der Waals surface area contributed by atoms with Crippen LogP contribution in [0.3, 0.4) is 0 Å². The third kappa shape index (κ3) is 3.77. The lowest BCUT2D eigenvalue weighted by Gasteiger charge is -2.10. The Balaban J connectivity index is 1.19. The molecule has 0 N–H and O–H groups in total. The van der Waals surface area contributed by atoms with Crippen molar-refractivity contribution in [3.8, 4) is 29.6 Å². The molecule has 4 aromatic heterocycles. The molecule has 0 amide bonds. The minimum atomic E-state index is 0.608. The van der Waals surface area contributed by atoms with Crippen LogP contribution in [0.5, 0.6) is 0 Å². The minimum absolute atomic E-state index is 0.608. The van der Waals surface area contributed by atoms with Crippen LogP contribution in [0.25, 0.3) is 95.3 Å². The lowest BCUT2D eigenvalue weighted by atomic mass is 10.0. The molecule has 238 valence electrons. The maximum atomic E-state index is 10.4. The highest BCUT2D eigenvalue weighted by Gasteiger charge is 2.22. The summed E-state index contributed by atoms with van der Waals surface area (Å²) < 4.78 is 8.81. The molecule has 0 aliphatic carbocycles. The van der Waals surface area contributed by atoms with Crippen LogP contribution in [-0.2, 0) is 0 Å². The quantitative estimate of drug-likeness (QED) is 0.180. The Bertz CT molecular complexity index is 3520. The summed E-state index contributed by atoms with van der Waals surface area (Å²) in [5.41, 5.74) is 8.15. The molecular weight excluding hydrogens is 675 g/mol. The molecule has 0 aliphatic rings. The number of benzene rings is 7. The highest BCUT2D eigenvalue weighted by atomic mass is 32.1. The molecule has 0 aliphatic heterocycles. The Morgan fingerprint density at radius 3 is 1.75 bits per heavy atom. The fourth-order valence-electron chi connectivity index (χ4n) is 8.22. The van der Waals surface area contributed by atoms with Gasteiger partial charge in [0.05, 0.1) is 54.2 Å². The van der Waals surface area contributed by atoms with Gasteiger partial charge in [0.2, 0.25) is 0 Å². The van der Waals surface area contributed by atoms with Crippen molar-refractivity contribution in [1.82, 2.24) is 9.13 Å². The predicted molar refractivity (Wildman–Crippen MR) is 215 cm³/mol. The second-order valence-electron chi connectivity index (χ2n) is 13.0. The van der Waals surface area contributed by atoms with Gasteiger partial charge in [-0.15, -0.1) is 22.7 Å². The van der Waals surface area contributed by atoms with Crippen molar-refractivity contribution in [2.45, 2.75) is 0 Å². The highest BCUT2D eigenvalue weighted by Crippen LogP contribution is 2.46. The average molecular weight is 696 g/mol. The van der Waals surface area contributed by atoms with E-state index < -0.39 is 0 Å². The maximum absolute atomic E-state index is 10.4. The molecule has 0 bridgehead atoms. The standard InChI is InChI=1S/C45H21N5S2/c46-22-25-12-15-38-33(18-25)30-7-1-3-10-36(30)49(38)28-13-16-40-34(20-28)35-21-29(14-17-41(35)51-40)50-37-11-4-2-8-31(37)42-39(50)19-27(24-48)45-43(42)32-9-5-6-26(23-47)44(32)52-45/h1-21H. The first-order valence-corrected chi connectivity index (χ1v) is 18.4. The van der Waals surface area contributed by atoms with Gasteiger partial charge in [-0.3, -0.25) is 0 Å². The summed E-state index contributed by atoms with van der Waals surface area (Å²) in [5.74, 6) is 0. The molecule has 0 saturated carbocycles. The maximum Gasteiger partial charge on any atom is 0.101 e. The van der Waals surface area contributed by atoms with Gasteiger partial charge >= 0.3 is 0 Å². The van der Waals surface area contributed by atoms with E-state index in [1.165, 1.54) is 31.5 Å². The van der Waals surface area contributed by atoms with Crippen LogP contribution < -0.4 is 0 Å². The molecule has 4 heterocycles. The van der Waals surface area contributed by atoms with E-state index in [9.17, 15) is 15.8 Å². The van der Waals surface area contributed by atoms with Crippen molar-refractivity contribution in [2.75, 3.05) is 0 Å². The van der Waals surface area contributed by atoms with Crippen molar-refractivity contribution < 1.29 is 0 Å². The Morgan fingerprint density at radius 2 is 1.04 bits per heavy atom. The van der Waals surface area contributed by atoms with Gasteiger partial charge in [0.25, 0.3) is 0 Å². The molecule has 7 aromatic carbocycles. The second-order valence-corrected chi connectivity index (χ2v) is 15.1. The smallest absolute Gasteiger partial charge is 0.101 e. The molecule has 5 nitrogen and oxygen atoms in total. The van der Waals surface area contributed by atoms with Crippen molar-refractivity contribution >= 4 is 107 Å². The topological polar surface area (TPSA) is 81.2 Å². The average Bonchev–Trinajstić information content (AvgIpc) is 3.94. The first-order chi connectivity index (χ1) is 25.6. The van der Waals surface area contributed by atoms with E-state index in [0.29, 0.717) is 16.7 Å². The number of aromatic nitrogens is 2. The molecule has 52 heavy (non-hydrogen) atoms. The Kier molecular flexibility index (Phi) is 5.84. The fourth-order valence-corrected chi connectivity index (χ4v) is 10.5. The lowest BCUT2D eigenvalue weighted by Crippen LogP contribution is -1.94. The fraction of sp³-hybridized carbons (Fsp3) is 0. The molecule has 0 fully saturated rings. The summed E-state index contributed by atoms with van der Waals surface area (Å²) >= 11 is 3.32. The Morgan fingerprint density at radius 1 is 0.404 bits per heavy atom. The van der Waals surface area contributed by atoms with Crippen molar-refractivity contribution in [1.29, 1.82) is 15.8 Å². The normalized spacial score (nSPS) is 11.8. The summed E-state index contributed by atoms with van der Waals surface area (Å²) in [5, 5.41) is 38.8. The molecular formula is C45H21N5S2. The van der Waals surface area contributed by atoms with E-state index in [1.54, 1.807) is 11.3 Å². The lowest BCUT2D eigenvalue weighted by molar-refractivity contribution is 1.18. The van der Waals surface area contributed by atoms with Crippen LogP contribution in [0.15, 0.2) is 127 Å². The third-order valence-corrected chi connectivity index (χ3v) is 12.8. The molecule has 11 aromatic rings. The van der Waals surface area contributed by atoms with Gasteiger partial charge in [-0.25, -0.2) is 0 Å². The van der Waals surface area contributed by atoms with E-state index in [-0.39, 0.29) is 0 Å². The zero-order valence-corrected chi connectivity index (χ0v) is 28.8. The summed E-state index contributed by atoms with van der Waals surface area (Å²) in [6.45, 7) is 0. The monoisotopic (exact) mass is 695 g/mol. The van der Waals surface area contributed by atoms with Crippen LogP contribution in [0.4, 0.5) is 0 Å². The number of hydrogen-bond acceptors (Lipinski definition) is 5. The summed E-state index contributed by atoms with van der Waals surface area (Å²) in [4.78, 5) is 0. The second kappa shape index (κ2) is 10.5. The van der Waals surface area contributed by atoms with E-state index in [0.717, 1.165) is 75.2 Å². The minimum Gasteiger partial charge on any atom is -0.309 e. The Hall–Kier alpha value is -6.95. The number of hydrogen-bond donors (Lipinski definition) is 0. The van der Waals surface area contributed by atoms with E-state index in [2.05, 4.69) is 118 Å². The van der Waals surface area contributed by atoms with Crippen molar-refractivity contribution in [3.63, 3.8) is 0 Å². The zero-order chi connectivity index (χ0) is 34.7. The van der Waals surface area contributed by atoms with Gasteiger partial charge in [0.1, 0.15) is 12.1 Å².